The number of carbonyl (C=O) groups excluding carboxylic acids is 2. The van der Waals surface area contributed by atoms with Crippen LogP contribution in [0.2, 0.25) is 0 Å². The van der Waals surface area contributed by atoms with Crippen molar-refractivity contribution in [1.82, 2.24) is 4.98 Å². The molecule has 2 aromatic heterocycles. The lowest BCUT2D eigenvalue weighted by Crippen LogP contribution is -2.19. The second-order valence-corrected chi connectivity index (χ2v) is 8.43. The normalized spacial score (nSPS) is 15.2. The number of nitrogens with zero attached hydrogens (tertiary/aromatic N) is 2. The fourth-order valence-electron chi connectivity index (χ4n) is 3.01. The molecule has 0 radical (unpaired) electrons. The maximum Gasteiger partial charge on any atom is 0.348 e. The number of ketones is 1. The zero-order chi connectivity index (χ0) is 18.5. The van der Waals surface area contributed by atoms with Gasteiger partial charge in [-0.15, -0.1) is 22.7 Å². The minimum Gasteiger partial charge on any atom is -0.453 e. The number of fused-ring (bicyclic) bond motifs is 1. The molecule has 2 heterocycles. The topological polar surface area (TPSA) is 80.0 Å². The second kappa shape index (κ2) is 8.56. The quantitative estimate of drug-likeness (QED) is 0.717. The number of rotatable bonds is 5. The van der Waals surface area contributed by atoms with E-state index < -0.39 is 24.3 Å². The number of hydrogen-bond acceptors (Lipinski definition) is 7. The minimum absolute atomic E-state index is 0.405. The molecule has 1 aliphatic carbocycles. The highest BCUT2D eigenvalue weighted by Crippen LogP contribution is 2.29. The van der Waals surface area contributed by atoms with Crippen molar-refractivity contribution in [2.24, 2.45) is 0 Å². The molecule has 0 saturated heterocycles. The third-order valence-electron chi connectivity index (χ3n) is 4.38. The van der Waals surface area contributed by atoms with Crippen molar-refractivity contribution in [3.8, 4) is 6.07 Å². The molecule has 0 aliphatic heterocycles. The molecule has 3 rings (SSSR count). The Bertz CT molecular complexity index is 822. The van der Waals surface area contributed by atoms with Gasteiger partial charge in [-0.25, -0.2) is 9.78 Å². The maximum absolute atomic E-state index is 12.3. The van der Waals surface area contributed by atoms with Gasteiger partial charge >= 0.3 is 5.97 Å². The summed E-state index contributed by atoms with van der Waals surface area (Å²) in [5, 5.41) is 11.5. The molecule has 136 valence electrons. The highest BCUT2D eigenvalue weighted by Gasteiger charge is 2.25. The van der Waals surface area contributed by atoms with E-state index in [9.17, 15) is 14.9 Å². The summed E-state index contributed by atoms with van der Waals surface area (Å²) in [5.41, 5.74) is 2.01. The first-order valence-corrected chi connectivity index (χ1v) is 10.4. The third-order valence-corrected chi connectivity index (χ3v) is 6.62. The van der Waals surface area contributed by atoms with Crippen LogP contribution in [0.25, 0.3) is 0 Å². The standard InChI is InChI=1S/C19H20N2O3S2/c1-12-11-25-18(21-12)14(9-20)15(22)10-24-19(23)17-8-13-6-4-2-3-5-7-16(13)26-17/h8,11,14H,2-7,10H2,1H3/t14-/m0/s1. The van der Waals surface area contributed by atoms with Gasteiger partial charge in [0.2, 0.25) is 0 Å². The van der Waals surface area contributed by atoms with Crippen LogP contribution in [0.1, 0.15) is 62.4 Å². The molecule has 1 atom stereocenters. The number of Topliss-reactive ketones (excluding diaryl/α,β-unsaturated/α-hetero) is 1. The highest BCUT2D eigenvalue weighted by atomic mass is 32.1. The zero-order valence-corrected chi connectivity index (χ0v) is 16.3. The van der Waals surface area contributed by atoms with Crippen LogP contribution in [0.4, 0.5) is 0 Å². The van der Waals surface area contributed by atoms with Crippen molar-refractivity contribution < 1.29 is 14.3 Å². The molecule has 0 spiro atoms. The molecule has 0 saturated carbocycles. The van der Waals surface area contributed by atoms with Crippen LogP contribution >= 0.6 is 22.7 Å². The van der Waals surface area contributed by atoms with Crippen LogP contribution in [0.3, 0.4) is 0 Å². The molecule has 0 unspecified atom stereocenters. The van der Waals surface area contributed by atoms with Gasteiger partial charge in [-0.05, 0) is 44.2 Å². The molecule has 0 aromatic carbocycles. The van der Waals surface area contributed by atoms with Crippen molar-refractivity contribution in [3.63, 3.8) is 0 Å². The van der Waals surface area contributed by atoms with E-state index in [-0.39, 0.29) is 0 Å². The molecule has 1 aliphatic rings. The van der Waals surface area contributed by atoms with Gasteiger partial charge in [-0.2, -0.15) is 5.26 Å². The second-order valence-electron chi connectivity index (χ2n) is 6.40. The SMILES string of the molecule is Cc1csc([C@@H](C#N)C(=O)COC(=O)c2cc3c(s2)CCCCCC3)n1. The van der Waals surface area contributed by atoms with Crippen LogP contribution in [-0.2, 0) is 22.4 Å². The van der Waals surface area contributed by atoms with E-state index in [0.717, 1.165) is 31.4 Å². The summed E-state index contributed by atoms with van der Waals surface area (Å²) < 4.78 is 5.19. The number of thiazole rings is 1. The van der Waals surface area contributed by atoms with Crippen LogP contribution in [-0.4, -0.2) is 23.3 Å². The lowest BCUT2D eigenvalue weighted by Gasteiger charge is -2.07. The average molecular weight is 389 g/mol. The van der Waals surface area contributed by atoms with Gasteiger partial charge in [0, 0.05) is 16.0 Å². The fourth-order valence-corrected chi connectivity index (χ4v) is 5.01. The molecule has 0 N–H and O–H groups in total. The number of thiophene rings is 1. The summed E-state index contributed by atoms with van der Waals surface area (Å²) in [5.74, 6) is -1.91. The molecular weight excluding hydrogens is 368 g/mol. The van der Waals surface area contributed by atoms with E-state index in [4.69, 9.17) is 4.74 Å². The molecule has 0 bridgehead atoms. The zero-order valence-electron chi connectivity index (χ0n) is 14.6. The fraction of sp³-hybridized carbons (Fsp3) is 0.474. The lowest BCUT2D eigenvalue weighted by atomic mass is 10.00. The van der Waals surface area contributed by atoms with Gasteiger partial charge < -0.3 is 4.74 Å². The van der Waals surface area contributed by atoms with Crippen LogP contribution in [0.15, 0.2) is 11.4 Å². The third kappa shape index (κ3) is 4.37. The number of carbonyl (C=O) groups is 2. The van der Waals surface area contributed by atoms with Gasteiger partial charge in [-0.1, -0.05) is 12.8 Å². The summed E-state index contributed by atoms with van der Waals surface area (Å²) >= 11 is 2.74. The number of aryl methyl sites for hydroxylation is 3. The Labute approximate surface area is 160 Å². The van der Waals surface area contributed by atoms with E-state index >= 15 is 0 Å². The number of esters is 1. The number of hydrogen-bond donors (Lipinski definition) is 0. The highest BCUT2D eigenvalue weighted by molar-refractivity contribution is 7.14. The van der Waals surface area contributed by atoms with E-state index in [1.807, 2.05) is 19.1 Å². The van der Waals surface area contributed by atoms with Crippen molar-refractivity contribution in [2.75, 3.05) is 6.61 Å². The molecule has 2 aromatic rings. The van der Waals surface area contributed by atoms with E-state index in [0.29, 0.717) is 9.88 Å². The van der Waals surface area contributed by atoms with Gasteiger partial charge in [0.1, 0.15) is 9.88 Å². The van der Waals surface area contributed by atoms with Gasteiger partial charge in [0.15, 0.2) is 18.3 Å². The molecule has 5 nitrogen and oxygen atoms in total. The molecule has 0 fully saturated rings. The maximum atomic E-state index is 12.3. The Morgan fingerprint density at radius 2 is 2.08 bits per heavy atom. The lowest BCUT2D eigenvalue weighted by molar-refractivity contribution is -0.122. The first-order valence-electron chi connectivity index (χ1n) is 8.71. The van der Waals surface area contributed by atoms with Crippen molar-refractivity contribution >= 4 is 34.4 Å². The van der Waals surface area contributed by atoms with Gasteiger partial charge in [0.25, 0.3) is 0 Å². The van der Waals surface area contributed by atoms with Crippen LogP contribution < -0.4 is 0 Å². The smallest absolute Gasteiger partial charge is 0.348 e. The van der Waals surface area contributed by atoms with Crippen molar-refractivity contribution in [1.29, 1.82) is 5.26 Å². The Balaban J connectivity index is 1.62. The first kappa shape index (κ1) is 18.7. The molecule has 7 heteroatoms. The van der Waals surface area contributed by atoms with E-state index in [2.05, 4.69) is 4.98 Å². The van der Waals surface area contributed by atoms with E-state index in [1.165, 1.54) is 46.0 Å². The van der Waals surface area contributed by atoms with Crippen LogP contribution in [0.5, 0.6) is 0 Å². The Kier molecular flexibility index (Phi) is 6.17. The average Bonchev–Trinajstić information content (AvgIpc) is 3.20. The number of ether oxygens (including phenoxy) is 1. The molecular formula is C19H20N2O3S2. The number of aromatic nitrogens is 1. The van der Waals surface area contributed by atoms with Crippen molar-refractivity contribution in [2.45, 2.75) is 51.4 Å². The summed E-state index contributed by atoms with van der Waals surface area (Å²) in [7, 11) is 0. The molecule has 0 amide bonds. The summed E-state index contributed by atoms with van der Waals surface area (Å²) in [6, 6.07) is 3.87. The van der Waals surface area contributed by atoms with Gasteiger partial charge in [0.05, 0.1) is 6.07 Å². The Morgan fingerprint density at radius 1 is 1.31 bits per heavy atom. The first-order chi connectivity index (χ1) is 12.6. The predicted molar refractivity (Wildman–Crippen MR) is 101 cm³/mol. The van der Waals surface area contributed by atoms with Crippen molar-refractivity contribution in [3.05, 3.63) is 37.5 Å². The Hall–Kier alpha value is -2.04. The van der Waals surface area contributed by atoms with Gasteiger partial charge in [-0.3, -0.25) is 4.79 Å². The monoisotopic (exact) mass is 388 g/mol. The summed E-state index contributed by atoms with van der Waals surface area (Å²) in [6.07, 6.45) is 6.77. The van der Waals surface area contributed by atoms with E-state index in [1.54, 1.807) is 5.38 Å². The minimum atomic E-state index is -0.981. The van der Waals surface area contributed by atoms with Crippen LogP contribution in [0, 0.1) is 18.3 Å². The summed E-state index contributed by atoms with van der Waals surface area (Å²) in [4.78, 5) is 30.6. The predicted octanol–water partition coefficient (Wildman–Crippen LogP) is 4.21. The largest absolute Gasteiger partial charge is 0.453 e. The number of nitriles is 1. The Morgan fingerprint density at radius 3 is 2.77 bits per heavy atom. The molecule has 26 heavy (non-hydrogen) atoms. The summed E-state index contributed by atoms with van der Waals surface area (Å²) in [6.45, 7) is 1.40.